The van der Waals surface area contributed by atoms with Crippen molar-refractivity contribution in [1.29, 1.82) is 0 Å². The zero-order valence-electron chi connectivity index (χ0n) is 10.2. The minimum absolute atomic E-state index is 0.321. The maximum absolute atomic E-state index is 11.5. The lowest BCUT2D eigenvalue weighted by molar-refractivity contribution is 0.0594. The van der Waals surface area contributed by atoms with Gasteiger partial charge in [0.25, 0.3) is 0 Å². The number of rotatable bonds is 3. The van der Waals surface area contributed by atoms with E-state index in [1.54, 1.807) is 12.4 Å². The fourth-order valence-corrected chi connectivity index (χ4v) is 1.89. The van der Waals surface area contributed by atoms with E-state index in [0.717, 1.165) is 29.6 Å². The molecule has 0 atom stereocenters. The van der Waals surface area contributed by atoms with Gasteiger partial charge < -0.3 is 9.30 Å². The van der Waals surface area contributed by atoms with Gasteiger partial charge in [0.15, 0.2) is 5.69 Å². The van der Waals surface area contributed by atoms with E-state index in [1.807, 2.05) is 11.6 Å². The number of methoxy groups -OCH3 is 1. The lowest BCUT2D eigenvalue weighted by atomic mass is 10.2. The van der Waals surface area contributed by atoms with Gasteiger partial charge in [0.05, 0.1) is 30.2 Å². The van der Waals surface area contributed by atoms with Crippen molar-refractivity contribution < 1.29 is 9.53 Å². The molecule has 0 aromatic carbocycles. The van der Waals surface area contributed by atoms with Gasteiger partial charge in [0.1, 0.15) is 0 Å². The number of esters is 1. The average Bonchev–Trinajstić information content (AvgIpc) is 2.70. The first kappa shape index (κ1) is 11.6. The van der Waals surface area contributed by atoms with Gasteiger partial charge in [-0.25, -0.2) is 14.8 Å². The second kappa shape index (κ2) is 4.53. The number of aryl methyl sites for hydroxylation is 2. The van der Waals surface area contributed by atoms with Crippen molar-refractivity contribution in [1.82, 2.24) is 14.5 Å². The molecule has 0 bridgehead atoms. The zero-order valence-corrected chi connectivity index (χ0v) is 10.2. The lowest BCUT2D eigenvalue weighted by Crippen LogP contribution is -2.07. The molecule has 90 valence electrons. The summed E-state index contributed by atoms with van der Waals surface area (Å²) in [5, 5.41) is 0. The van der Waals surface area contributed by atoms with Gasteiger partial charge >= 0.3 is 5.97 Å². The second-order valence-corrected chi connectivity index (χ2v) is 3.92. The summed E-state index contributed by atoms with van der Waals surface area (Å²) in [6.45, 7) is 2.08. The topological polar surface area (TPSA) is 57.0 Å². The molecule has 0 aliphatic rings. The molecule has 0 fully saturated rings. The number of imidazole rings is 1. The highest BCUT2D eigenvalue weighted by Gasteiger charge is 2.14. The number of carbonyl (C=O) groups is 1. The van der Waals surface area contributed by atoms with Crippen LogP contribution in [0.2, 0.25) is 0 Å². The summed E-state index contributed by atoms with van der Waals surface area (Å²) in [5.74, 6) is -0.421. The third kappa shape index (κ3) is 2.00. The molecule has 0 spiro atoms. The monoisotopic (exact) mass is 233 g/mol. The number of aromatic nitrogens is 3. The van der Waals surface area contributed by atoms with Crippen molar-refractivity contribution in [2.45, 2.75) is 19.8 Å². The van der Waals surface area contributed by atoms with Crippen LogP contribution in [-0.2, 0) is 18.2 Å². The van der Waals surface area contributed by atoms with Gasteiger partial charge in [0.2, 0.25) is 0 Å². The SMILES string of the molecule is CCCc1nc(C(=O)OC)cc2ncn(C)c12. The highest BCUT2D eigenvalue weighted by atomic mass is 16.5. The van der Waals surface area contributed by atoms with Gasteiger partial charge in [-0.15, -0.1) is 0 Å². The van der Waals surface area contributed by atoms with E-state index in [4.69, 9.17) is 0 Å². The molecule has 2 heterocycles. The van der Waals surface area contributed by atoms with Crippen LogP contribution in [0, 0.1) is 0 Å². The third-order valence-corrected chi connectivity index (χ3v) is 2.65. The molecule has 5 heteroatoms. The third-order valence-electron chi connectivity index (χ3n) is 2.65. The standard InChI is InChI=1S/C12H15N3O2/c1-4-5-8-11-9(13-7-15(11)2)6-10(14-8)12(16)17-3/h6-7H,4-5H2,1-3H3. The predicted octanol–water partition coefficient (Wildman–Crippen LogP) is 1.71. The molecule has 2 aromatic rings. The number of carbonyl (C=O) groups excluding carboxylic acids is 1. The van der Waals surface area contributed by atoms with Crippen LogP contribution >= 0.6 is 0 Å². The minimum Gasteiger partial charge on any atom is -0.464 e. The van der Waals surface area contributed by atoms with E-state index in [-0.39, 0.29) is 0 Å². The molecule has 0 radical (unpaired) electrons. The van der Waals surface area contributed by atoms with E-state index in [2.05, 4.69) is 21.6 Å². The molecule has 0 unspecified atom stereocenters. The summed E-state index contributed by atoms with van der Waals surface area (Å²) in [6.07, 6.45) is 3.52. The van der Waals surface area contributed by atoms with Gasteiger partial charge in [-0.05, 0) is 12.5 Å². The quantitative estimate of drug-likeness (QED) is 0.757. The average molecular weight is 233 g/mol. The van der Waals surface area contributed by atoms with Crippen molar-refractivity contribution in [3.8, 4) is 0 Å². The summed E-state index contributed by atoms with van der Waals surface area (Å²) < 4.78 is 6.61. The Morgan fingerprint density at radius 1 is 1.53 bits per heavy atom. The number of ether oxygens (including phenoxy) is 1. The maximum Gasteiger partial charge on any atom is 0.356 e. The highest BCUT2D eigenvalue weighted by Crippen LogP contribution is 2.18. The van der Waals surface area contributed by atoms with E-state index in [0.29, 0.717) is 5.69 Å². The normalized spacial score (nSPS) is 10.8. The Morgan fingerprint density at radius 3 is 2.94 bits per heavy atom. The number of fused-ring (bicyclic) bond motifs is 1. The summed E-state index contributed by atoms with van der Waals surface area (Å²) in [7, 11) is 3.28. The zero-order chi connectivity index (χ0) is 12.4. The van der Waals surface area contributed by atoms with Gasteiger partial charge in [-0.2, -0.15) is 0 Å². The Kier molecular flexibility index (Phi) is 3.08. The Balaban J connectivity index is 2.64. The first-order chi connectivity index (χ1) is 8.17. The molecule has 17 heavy (non-hydrogen) atoms. The van der Waals surface area contributed by atoms with Crippen LogP contribution in [0.1, 0.15) is 29.5 Å². The molecule has 5 nitrogen and oxygen atoms in total. The summed E-state index contributed by atoms with van der Waals surface area (Å²) in [4.78, 5) is 20.1. The van der Waals surface area contributed by atoms with Crippen molar-refractivity contribution in [2.24, 2.45) is 7.05 Å². The molecule has 2 aromatic heterocycles. The number of nitrogens with zero attached hydrogens (tertiary/aromatic N) is 3. The van der Waals surface area contributed by atoms with E-state index in [9.17, 15) is 4.79 Å². The Bertz CT molecular complexity index is 560. The van der Waals surface area contributed by atoms with Crippen molar-refractivity contribution >= 4 is 17.0 Å². The van der Waals surface area contributed by atoms with Crippen LogP contribution < -0.4 is 0 Å². The van der Waals surface area contributed by atoms with Crippen LogP contribution in [0.4, 0.5) is 0 Å². The van der Waals surface area contributed by atoms with E-state index < -0.39 is 5.97 Å². The first-order valence-electron chi connectivity index (χ1n) is 5.56. The van der Waals surface area contributed by atoms with Gasteiger partial charge in [0, 0.05) is 7.05 Å². The molecule has 0 saturated carbocycles. The Morgan fingerprint density at radius 2 is 2.29 bits per heavy atom. The number of hydrogen-bond acceptors (Lipinski definition) is 4. The highest BCUT2D eigenvalue weighted by molar-refractivity contribution is 5.92. The number of hydrogen-bond donors (Lipinski definition) is 0. The lowest BCUT2D eigenvalue weighted by Gasteiger charge is -2.05. The summed E-state index contributed by atoms with van der Waals surface area (Å²) in [6, 6.07) is 1.67. The maximum atomic E-state index is 11.5. The van der Waals surface area contributed by atoms with Crippen LogP contribution in [0.25, 0.3) is 11.0 Å². The fraction of sp³-hybridized carbons (Fsp3) is 0.417. The smallest absolute Gasteiger partial charge is 0.356 e. The van der Waals surface area contributed by atoms with Crippen molar-refractivity contribution in [3.63, 3.8) is 0 Å². The van der Waals surface area contributed by atoms with Crippen LogP contribution in [0.5, 0.6) is 0 Å². The van der Waals surface area contributed by atoms with Crippen LogP contribution in [0.3, 0.4) is 0 Å². The molecular weight excluding hydrogens is 218 g/mol. The molecule has 0 aliphatic heterocycles. The predicted molar refractivity (Wildman–Crippen MR) is 63.8 cm³/mol. The molecular formula is C12H15N3O2. The second-order valence-electron chi connectivity index (χ2n) is 3.92. The summed E-state index contributed by atoms with van der Waals surface area (Å²) >= 11 is 0. The van der Waals surface area contributed by atoms with Crippen molar-refractivity contribution in [2.75, 3.05) is 7.11 Å². The van der Waals surface area contributed by atoms with E-state index >= 15 is 0 Å². The van der Waals surface area contributed by atoms with Gasteiger partial charge in [-0.1, -0.05) is 13.3 Å². The summed E-state index contributed by atoms with van der Waals surface area (Å²) in [5.41, 5.74) is 2.98. The number of pyridine rings is 1. The first-order valence-corrected chi connectivity index (χ1v) is 5.56. The fourth-order valence-electron chi connectivity index (χ4n) is 1.89. The molecule has 0 saturated heterocycles. The Hall–Kier alpha value is -1.91. The van der Waals surface area contributed by atoms with E-state index in [1.165, 1.54) is 7.11 Å². The molecule has 2 rings (SSSR count). The minimum atomic E-state index is -0.421. The van der Waals surface area contributed by atoms with Crippen molar-refractivity contribution in [3.05, 3.63) is 23.8 Å². The van der Waals surface area contributed by atoms with Crippen LogP contribution in [-0.4, -0.2) is 27.6 Å². The molecule has 0 amide bonds. The van der Waals surface area contributed by atoms with Crippen LogP contribution in [0.15, 0.2) is 12.4 Å². The van der Waals surface area contributed by atoms with Gasteiger partial charge in [-0.3, -0.25) is 0 Å². The largest absolute Gasteiger partial charge is 0.464 e. The Labute approximate surface area is 99.4 Å². The molecule has 0 N–H and O–H groups in total. The molecule has 0 aliphatic carbocycles.